The zero-order valence-corrected chi connectivity index (χ0v) is 18.8. The summed E-state index contributed by atoms with van der Waals surface area (Å²) in [7, 11) is 0. The molecule has 11 heteroatoms. The molecule has 3 rings (SSSR count). The van der Waals surface area contributed by atoms with Crippen molar-refractivity contribution in [1.82, 2.24) is 14.6 Å². The summed E-state index contributed by atoms with van der Waals surface area (Å²) in [6.07, 6.45) is 0.341. The Morgan fingerprint density at radius 2 is 1.94 bits per heavy atom. The van der Waals surface area contributed by atoms with Crippen molar-refractivity contribution < 1.29 is 18.8 Å². The minimum absolute atomic E-state index is 0.0557. The Hall–Kier alpha value is -3.31. The number of aromatic nitrogens is 1. The van der Waals surface area contributed by atoms with Gasteiger partial charge in [-0.3, -0.25) is 14.4 Å². The van der Waals surface area contributed by atoms with Gasteiger partial charge < -0.3 is 21.7 Å². The number of nitrogens with zero attached hydrogens (tertiary/aromatic N) is 2. The number of amides is 3. The number of carbonyl (C=O) groups excluding carboxylic acids is 3. The average molecular weight is 476 g/mol. The third-order valence-electron chi connectivity index (χ3n) is 4.77. The van der Waals surface area contributed by atoms with Crippen molar-refractivity contribution >= 4 is 46.3 Å². The van der Waals surface area contributed by atoms with Gasteiger partial charge in [-0.15, -0.1) is 11.3 Å². The Kier molecular flexibility index (Phi) is 7.54. The van der Waals surface area contributed by atoms with E-state index in [0.29, 0.717) is 6.42 Å². The highest BCUT2D eigenvalue weighted by Crippen LogP contribution is 2.26. The number of thiophene rings is 1. The molecule has 2 aromatic heterocycles. The van der Waals surface area contributed by atoms with Crippen LogP contribution in [0.4, 0.5) is 10.1 Å². The topological polar surface area (TPSA) is 131 Å². The molecular weight excluding hydrogens is 453 g/mol. The van der Waals surface area contributed by atoms with Gasteiger partial charge in [-0.25, -0.2) is 4.39 Å². The van der Waals surface area contributed by atoms with Gasteiger partial charge in [-0.1, -0.05) is 25.1 Å². The van der Waals surface area contributed by atoms with E-state index in [1.165, 1.54) is 28.4 Å². The molecule has 0 radical (unpaired) electrons. The third kappa shape index (κ3) is 5.29. The number of primary amides is 1. The first-order valence-electron chi connectivity index (χ1n) is 9.72. The summed E-state index contributed by atoms with van der Waals surface area (Å²) in [5.41, 5.74) is 11.7. The first kappa shape index (κ1) is 23.4. The zero-order chi connectivity index (χ0) is 23.3. The van der Waals surface area contributed by atoms with Crippen LogP contribution in [0.2, 0.25) is 0 Å². The Morgan fingerprint density at radius 1 is 1.22 bits per heavy atom. The molecule has 0 spiro atoms. The van der Waals surface area contributed by atoms with Crippen molar-refractivity contribution in [3.8, 4) is 0 Å². The van der Waals surface area contributed by atoms with Crippen molar-refractivity contribution in [1.29, 1.82) is 0 Å². The maximum Gasteiger partial charge on any atom is 0.270 e. The largest absolute Gasteiger partial charge is 0.395 e. The number of hydrogen-bond donors (Lipinski definition) is 3. The standard InChI is InChI=1S/C21H22FN5O3S2/c1-2-15(20(29)25-10-12-5-7-13(22)8-6-12)27(11-14-4-3-9-31-14)21(30)18-16(23)17(19(24)28)26-32-18/h3-9,15H,2,10-11,23H2,1H3,(H2,24,28)(H,25,29)/t15-/m0/s1. The number of carbonyl (C=O) groups is 3. The minimum Gasteiger partial charge on any atom is -0.395 e. The van der Waals surface area contributed by atoms with E-state index >= 15 is 0 Å². The van der Waals surface area contributed by atoms with Crippen LogP contribution in [0.1, 0.15) is 43.9 Å². The number of nitrogens with one attached hydrogen (secondary N) is 1. The SMILES string of the molecule is CC[C@@H](C(=O)NCc1ccc(F)cc1)N(Cc1cccs1)C(=O)c1snc(C(N)=O)c1N. The monoisotopic (exact) mass is 475 g/mol. The van der Waals surface area contributed by atoms with Gasteiger partial charge in [-0.05, 0) is 47.1 Å². The lowest BCUT2D eigenvalue weighted by atomic mass is 10.1. The molecule has 2 heterocycles. The Labute approximate surface area is 192 Å². The Balaban J connectivity index is 1.85. The number of anilines is 1. The van der Waals surface area contributed by atoms with Crippen molar-refractivity contribution in [2.75, 3.05) is 5.73 Å². The van der Waals surface area contributed by atoms with Gasteiger partial charge in [-0.2, -0.15) is 4.37 Å². The number of nitrogens with two attached hydrogens (primary N) is 2. The second kappa shape index (κ2) is 10.3. The van der Waals surface area contributed by atoms with E-state index in [1.807, 2.05) is 17.5 Å². The van der Waals surface area contributed by atoms with Crippen LogP contribution in [-0.4, -0.2) is 33.0 Å². The van der Waals surface area contributed by atoms with E-state index in [9.17, 15) is 18.8 Å². The fourth-order valence-electron chi connectivity index (χ4n) is 3.11. The Morgan fingerprint density at radius 3 is 2.50 bits per heavy atom. The summed E-state index contributed by atoms with van der Waals surface area (Å²) >= 11 is 2.22. The highest BCUT2D eigenvalue weighted by Gasteiger charge is 2.32. The summed E-state index contributed by atoms with van der Waals surface area (Å²) < 4.78 is 17.0. The summed E-state index contributed by atoms with van der Waals surface area (Å²) in [6, 6.07) is 8.69. The summed E-state index contributed by atoms with van der Waals surface area (Å²) in [4.78, 5) is 40.3. The molecule has 0 bridgehead atoms. The second-order valence-electron chi connectivity index (χ2n) is 6.92. The predicted molar refractivity (Wildman–Crippen MR) is 122 cm³/mol. The lowest BCUT2D eigenvalue weighted by Crippen LogP contribution is -2.48. The van der Waals surface area contributed by atoms with E-state index in [0.717, 1.165) is 22.0 Å². The normalized spacial score (nSPS) is 11.7. The van der Waals surface area contributed by atoms with Gasteiger partial charge in [0.05, 0.1) is 12.2 Å². The van der Waals surface area contributed by atoms with Crippen LogP contribution >= 0.6 is 22.9 Å². The van der Waals surface area contributed by atoms with E-state index in [1.54, 1.807) is 19.1 Å². The molecule has 168 valence electrons. The molecule has 0 saturated heterocycles. The molecule has 1 aromatic carbocycles. The number of hydrogen-bond acceptors (Lipinski definition) is 7. The molecule has 0 unspecified atom stereocenters. The number of halogens is 1. The van der Waals surface area contributed by atoms with Crippen LogP contribution in [0.5, 0.6) is 0 Å². The van der Waals surface area contributed by atoms with Crippen LogP contribution in [-0.2, 0) is 17.9 Å². The van der Waals surface area contributed by atoms with Gasteiger partial charge in [0.15, 0.2) is 5.69 Å². The van der Waals surface area contributed by atoms with E-state index < -0.39 is 17.9 Å². The van der Waals surface area contributed by atoms with Crippen molar-refractivity contribution in [3.63, 3.8) is 0 Å². The molecule has 1 atom stereocenters. The van der Waals surface area contributed by atoms with E-state index in [2.05, 4.69) is 9.69 Å². The lowest BCUT2D eigenvalue weighted by Gasteiger charge is -2.29. The molecule has 0 saturated carbocycles. The van der Waals surface area contributed by atoms with Gasteiger partial charge in [0.25, 0.3) is 11.8 Å². The van der Waals surface area contributed by atoms with Crippen LogP contribution in [0, 0.1) is 5.82 Å². The quantitative estimate of drug-likeness (QED) is 0.438. The van der Waals surface area contributed by atoms with E-state index in [4.69, 9.17) is 11.5 Å². The summed E-state index contributed by atoms with van der Waals surface area (Å²) in [5.74, 6) is -2.06. The molecule has 8 nitrogen and oxygen atoms in total. The van der Waals surface area contributed by atoms with Crippen LogP contribution in [0.3, 0.4) is 0 Å². The highest BCUT2D eigenvalue weighted by molar-refractivity contribution is 7.10. The highest BCUT2D eigenvalue weighted by atomic mass is 32.1. The van der Waals surface area contributed by atoms with Crippen LogP contribution < -0.4 is 16.8 Å². The van der Waals surface area contributed by atoms with Gasteiger partial charge in [0.1, 0.15) is 16.7 Å². The predicted octanol–water partition coefficient (Wildman–Crippen LogP) is 2.76. The molecule has 0 aliphatic carbocycles. The number of nitrogen functional groups attached to an aromatic ring is 1. The molecule has 3 aromatic rings. The first-order chi connectivity index (χ1) is 15.3. The maximum absolute atomic E-state index is 13.4. The second-order valence-corrected chi connectivity index (χ2v) is 8.72. The Bertz CT molecular complexity index is 1100. The maximum atomic E-state index is 13.4. The molecule has 5 N–H and O–H groups in total. The van der Waals surface area contributed by atoms with Gasteiger partial charge >= 0.3 is 0 Å². The summed E-state index contributed by atoms with van der Waals surface area (Å²) in [6.45, 7) is 2.16. The molecule has 0 aliphatic rings. The van der Waals surface area contributed by atoms with Gasteiger partial charge in [0, 0.05) is 11.4 Å². The minimum atomic E-state index is -0.827. The van der Waals surface area contributed by atoms with Gasteiger partial charge in [0.2, 0.25) is 5.91 Å². The number of benzene rings is 1. The molecule has 32 heavy (non-hydrogen) atoms. The lowest BCUT2D eigenvalue weighted by molar-refractivity contribution is -0.126. The van der Waals surface area contributed by atoms with Crippen LogP contribution in [0.15, 0.2) is 41.8 Å². The summed E-state index contributed by atoms with van der Waals surface area (Å²) in [5, 5.41) is 4.68. The number of rotatable bonds is 9. The fourth-order valence-corrected chi connectivity index (χ4v) is 4.57. The van der Waals surface area contributed by atoms with Crippen LogP contribution in [0.25, 0.3) is 0 Å². The van der Waals surface area contributed by atoms with Crippen molar-refractivity contribution in [2.45, 2.75) is 32.5 Å². The molecule has 0 fully saturated rings. The first-order valence-corrected chi connectivity index (χ1v) is 11.4. The molecular formula is C21H22FN5O3S2. The zero-order valence-electron chi connectivity index (χ0n) is 17.2. The third-order valence-corrected chi connectivity index (χ3v) is 6.48. The molecule has 0 aliphatic heterocycles. The van der Waals surface area contributed by atoms with Crippen molar-refractivity contribution in [3.05, 3.63) is 68.6 Å². The average Bonchev–Trinajstić information content (AvgIpc) is 3.42. The smallest absolute Gasteiger partial charge is 0.270 e. The fraction of sp³-hybridized carbons (Fsp3) is 0.238. The van der Waals surface area contributed by atoms with Crippen molar-refractivity contribution in [2.24, 2.45) is 5.73 Å². The van der Waals surface area contributed by atoms with E-state index in [-0.39, 0.29) is 41.1 Å². The molecule has 3 amide bonds.